The minimum Gasteiger partial charge on any atom is -0.436 e. The number of carbonyl (C=O) groups excluding carboxylic acids is 1. The van der Waals surface area contributed by atoms with Crippen LogP contribution in [0.3, 0.4) is 0 Å². The fraction of sp³-hybridized carbons (Fsp3) is 0.125. The summed E-state index contributed by atoms with van der Waals surface area (Å²) < 4.78 is 7.17. The van der Waals surface area contributed by atoms with Gasteiger partial charge in [-0.15, -0.1) is 0 Å². The minimum absolute atomic E-state index is 0.185. The van der Waals surface area contributed by atoms with Crippen LogP contribution in [0.2, 0.25) is 0 Å². The molecule has 0 atom stereocenters. The molecule has 7 heteroatoms. The maximum Gasteiger partial charge on any atom is 0.261 e. The van der Waals surface area contributed by atoms with Crippen molar-refractivity contribution >= 4 is 50.8 Å². The van der Waals surface area contributed by atoms with Gasteiger partial charge in [0, 0.05) is 26.4 Å². The maximum absolute atomic E-state index is 13.2. The van der Waals surface area contributed by atoms with Gasteiger partial charge in [0.2, 0.25) is 5.55 Å². The van der Waals surface area contributed by atoms with Gasteiger partial charge in [-0.2, -0.15) is 0 Å². The van der Waals surface area contributed by atoms with Crippen LogP contribution in [0.4, 0.5) is 11.4 Å². The first-order valence-corrected chi connectivity index (χ1v) is 10.7. The Kier molecular flexibility index (Phi) is 6.15. The molecule has 0 bridgehead atoms. The first kappa shape index (κ1) is 21.2. The van der Waals surface area contributed by atoms with E-state index in [9.17, 15) is 9.90 Å². The van der Waals surface area contributed by atoms with Crippen molar-refractivity contribution in [1.82, 2.24) is 4.98 Å². The molecule has 6 nitrogen and oxygen atoms in total. The molecule has 2 heterocycles. The standard InChI is InChI=1S/C24H20IN3O3/c1-14-5-3-4-6-21(14)28-24-20(23(30)27-18-9-7-17(25)8-10-18)11-19-16(13-29)12-26-15(2)22(19)31-24/h3-12,29H,13H2,1-2H3,(H,27,30). The van der Waals surface area contributed by atoms with Crippen LogP contribution in [0.5, 0.6) is 0 Å². The van der Waals surface area contributed by atoms with Crippen molar-refractivity contribution in [2.45, 2.75) is 20.5 Å². The lowest BCUT2D eigenvalue weighted by molar-refractivity contribution is 0.102. The van der Waals surface area contributed by atoms with E-state index in [1.165, 1.54) is 0 Å². The van der Waals surface area contributed by atoms with E-state index in [0.29, 0.717) is 33.6 Å². The number of anilines is 1. The topological polar surface area (TPSA) is 87.7 Å². The second kappa shape index (κ2) is 8.99. The van der Waals surface area contributed by atoms with Gasteiger partial charge >= 0.3 is 0 Å². The number of aromatic nitrogens is 1. The van der Waals surface area contributed by atoms with E-state index >= 15 is 0 Å². The SMILES string of the molecule is Cc1ccccc1N=c1oc2c(C)ncc(CO)c2cc1C(=O)Nc1ccc(I)cc1. The normalized spacial score (nSPS) is 11.7. The lowest BCUT2D eigenvalue weighted by Crippen LogP contribution is -2.22. The Hall–Kier alpha value is -3.04. The van der Waals surface area contributed by atoms with Gasteiger partial charge < -0.3 is 14.8 Å². The summed E-state index contributed by atoms with van der Waals surface area (Å²) in [5.41, 5.74) is 4.51. The second-order valence-corrected chi connectivity index (χ2v) is 8.34. The van der Waals surface area contributed by atoms with Crippen molar-refractivity contribution in [3.05, 3.63) is 92.3 Å². The van der Waals surface area contributed by atoms with Gasteiger partial charge in [-0.25, -0.2) is 4.99 Å². The molecule has 4 rings (SSSR count). The highest BCUT2D eigenvalue weighted by molar-refractivity contribution is 14.1. The highest BCUT2D eigenvalue weighted by atomic mass is 127. The number of amides is 1. The number of benzene rings is 2. The predicted octanol–water partition coefficient (Wildman–Crippen LogP) is 5.03. The number of aryl methyl sites for hydroxylation is 2. The van der Waals surface area contributed by atoms with E-state index < -0.39 is 0 Å². The van der Waals surface area contributed by atoms with Crippen molar-refractivity contribution in [2.75, 3.05) is 5.32 Å². The highest BCUT2D eigenvalue weighted by Crippen LogP contribution is 2.23. The van der Waals surface area contributed by atoms with E-state index in [4.69, 9.17) is 4.42 Å². The van der Waals surface area contributed by atoms with Crippen LogP contribution in [-0.2, 0) is 6.61 Å². The molecule has 0 fully saturated rings. The van der Waals surface area contributed by atoms with Gasteiger partial charge in [-0.05, 0) is 78.4 Å². The molecule has 0 aliphatic carbocycles. The molecular weight excluding hydrogens is 505 g/mol. The van der Waals surface area contributed by atoms with E-state index in [0.717, 1.165) is 9.13 Å². The summed E-state index contributed by atoms with van der Waals surface area (Å²) in [6.07, 6.45) is 1.59. The molecule has 0 saturated heterocycles. The number of aliphatic hydroxyl groups is 1. The predicted molar refractivity (Wildman–Crippen MR) is 128 cm³/mol. The Labute approximate surface area is 192 Å². The summed E-state index contributed by atoms with van der Waals surface area (Å²) in [5.74, 6) is -0.349. The third-order valence-corrected chi connectivity index (χ3v) is 5.62. The van der Waals surface area contributed by atoms with E-state index in [1.54, 1.807) is 12.3 Å². The zero-order chi connectivity index (χ0) is 22.0. The van der Waals surface area contributed by atoms with E-state index in [-0.39, 0.29) is 23.6 Å². The average molecular weight is 525 g/mol. The number of halogens is 1. The van der Waals surface area contributed by atoms with Crippen LogP contribution in [0.25, 0.3) is 11.0 Å². The molecule has 31 heavy (non-hydrogen) atoms. The summed E-state index contributed by atoms with van der Waals surface area (Å²) >= 11 is 2.21. The molecule has 0 aliphatic heterocycles. The fourth-order valence-electron chi connectivity index (χ4n) is 3.19. The largest absolute Gasteiger partial charge is 0.436 e. The lowest BCUT2D eigenvalue weighted by Gasteiger charge is -2.10. The first-order chi connectivity index (χ1) is 15.0. The summed E-state index contributed by atoms with van der Waals surface area (Å²) in [5, 5.41) is 13.3. The third-order valence-electron chi connectivity index (χ3n) is 4.91. The summed E-state index contributed by atoms with van der Waals surface area (Å²) in [4.78, 5) is 22.2. The molecule has 0 spiro atoms. The molecule has 4 aromatic rings. The van der Waals surface area contributed by atoms with Crippen molar-refractivity contribution in [3.63, 3.8) is 0 Å². The van der Waals surface area contributed by atoms with E-state index in [2.05, 4.69) is 37.9 Å². The van der Waals surface area contributed by atoms with Crippen molar-refractivity contribution in [2.24, 2.45) is 4.99 Å². The number of fused-ring (bicyclic) bond motifs is 1. The second-order valence-electron chi connectivity index (χ2n) is 7.09. The minimum atomic E-state index is -0.349. The Morgan fingerprint density at radius 3 is 2.61 bits per heavy atom. The van der Waals surface area contributed by atoms with Gasteiger partial charge in [0.05, 0.1) is 18.0 Å². The highest BCUT2D eigenvalue weighted by Gasteiger charge is 2.16. The number of para-hydroxylation sites is 1. The number of aliphatic hydroxyl groups excluding tert-OH is 1. The molecule has 0 saturated carbocycles. The molecule has 2 N–H and O–H groups in total. The number of carbonyl (C=O) groups is 1. The van der Waals surface area contributed by atoms with Crippen LogP contribution in [0, 0.1) is 17.4 Å². The van der Waals surface area contributed by atoms with Crippen molar-refractivity contribution in [3.8, 4) is 0 Å². The molecule has 2 aromatic heterocycles. The number of nitrogens with one attached hydrogen (secondary N) is 1. The zero-order valence-corrected chi connectivity index (χ0v) is 19.2. The number of nitrogens with zero attached hydrogens (tertiary/aromatic N) is 2. The zero-order valence-electron chi connectivity index (χ0n) is 17.0. The van der Waals surface area contributed by atoms with Gasteiger partial charge in [-0.3, -0.25) is 9.78 Å². The Morgan fingerprint density at radius 1 is 1.16 bits per heavy atom. The molecule has 0 radical (unpaired) electrons. The Morgan fingerprint density at radius 2 is 1.90 bits per heavy atom. The number of hydrogen-bond acceptors (Lipinski definition) is 5. The lowest BCUT2D eigenvalue weighted by atomic mass is 10.1. The van der Waals surface area contributed by atoms with Crippen LogP contribution < -0.4 is 10.9 Å². The fourth-order valence-corrected chi connectivity index (χ4v) is 3.55. The summed E-state index contributed by atoms with van der Waals surface area (Å²) in [6.45, 7) is 3.55. The van der Waals surface area contributed by atoms with Gasteiger partial charge in [0.1, 0.15) is 5.56 Å². The summed E-state index contributed by atoms with van der Waals surface area (Å²) in [6, 6.07) is 16.8. The van der Waals surface area contributed by atoms with Gasteiger partial charge in [-0.1, -0.05) is 18.2 Å². The maximum atomic E-state index is 13.2. The quantitative estimate of drug-likeness (QED) is 0.366. The molecule has 156 valence electrons. The van der Waals surface area contributed by atoms with Crippen LogP contribution >= 0.6 is 22.6 Å². The number of hydrogen-bond donors (Lipinski definition) is 2. The molecule has 0 aliphatic rings. The Balaban J connectivity index is 1.93. The first-order valence-electron chi connectivity index (χ1n) is 9.66. The smallest absolute Gasteiger partial charge is 0.261 e. The van der Waals surface area contributed by atoms with Crippen molar-refractivity contribution in [1.29, 1.82) is 0 Å². The molecule has 0 unspecified atom stereocenters. The molecule has 1 amide bonds. The van der Waals surface area contributed by atoms with Crippen molar-refractivity contribution < 1.29 is 14.3 Å². The third kappa shape index (κ3) is 4.52. The van der Waals surface area contributed by atoms with Gasteiger partial charge in [0.15, 0.2) is 5.58 Å². The molecule has 2 aromatic carbocycles. The number of rotatable bonds is 4. The van der Waals surface area contributed by atoms with Crippen LogP contribution in [0.1, 0.15) is 27.2 Å². The van der Waals surface area contributed by atoms with Gasteiger partial charge in [0.25, 0.3) is 5.91 Å². The van der Waals surface area contributed by atoms with E-state index in [1.807, 2.05) is 62.4 Å². The Bertz CT molecular complexity index is 1340. The average Bonchev–Trinajstić information content (AvgIpc) is 2.77. The monoisotopic (exact) mass is 525 g/mol. The molecular formula is C24H20IN3O3. The summed E-state index contributed by atoms with van der Waals surface area (Å²) in [7, 11) is 0. The number of pyridine rings is 1. The van der Waals surface area contributed by atoms with Crippen LogP contribution in [0.15, 0.2) is 70.2 Å². The van der Waals surface area contributed by atoms with Crippen LogP contribution in [-0.4, -0.2) is 16.0 Å².